The molecule has 4 atom stereocenters. The molecule has 2 rings (SSSR count). The molecule has 2 amide bonds. The quantitative estimate of drug-likeness (QED) is 0.196. The summed E-state index contributed by atoms with van der Waals surface area (Å²) in [6.07, 6.45) is 0.131. The number of amides is 2. The number of ether oxygens (including phenoxy) is 1. The molecule has 0 aliphatic heterocycles. The van der Waals surface area contributed by atoms with E-state index < -0.39 is 38.2 Å². The SMILES string of the molecule is CC(=O)O[C@H](C[C@H](C(C)C)N(C)C=O)c1nc(C(=O)N(C)[C@@H](Cc2ccc(O[PH](=O)O)cc2)C(=O)O)cs1. The van der Waals surface area contributed by atoms with Gasteiger partial charge in [0.25, 0.3) is 5.91 Å². The number of esters is 1. The number of likely N-dealkylation sites (N-methyl/N-ethyl adjacent to an activating group) is 1. The lowest BCUT2D eigenvalue weighted by atomic mass is 9.97. The molecule has 1 aromatic carbocycles. The molecular formula is C24H32N3O9PS. The topological polar surface area (TPSA) is 164 Å². The maximum atomic E-state index is 13.2. The second-order valence-electron chi connectivity index (χ2n) is 8.97. The molecule has 1 heterocycles. The number of hydrogen-bond acceptors (Lipinski definition) is 9. The molecule has 0 aliphatic carbocycles. The molecule has 208 valence electrons. The molecule has 2 aromatic rings. The lowest BCUT2D eigenvalue weighted by molar-refractivity contribution is -0.148. The predicted molar refractivity (Wildman–Crippen MR) is 139 cm³/mol. The van der Waals surface area contributed by atoms with Crippen LogP contribution in [0, 0.1) is 5.92 Å². The van der Waals surface area contributed by atoms with Gasteiger partial charge < -0.3 is 29.1 Å². The van der Waals surface area contributed by atoms with E-state index in [0.29, 0.717) is 17.0 Å². The summed E-state index contributed by atoms with van der Waals surface area (Å²) in [6, 6.07) is 4.47. The third kappa shape index (κ3) is 8.64. The molecule has 12 nitrogen and oxygen atoms in total. The van der Waals surface area contributed by atoms with Gasteiger partial charge in [-0.3, -0.25) is 14.4 Å². The molecule has 0 bridgehead atoms. The van der Waals surface area contributed by atoms with E-state index in [1.165, 1.54) is 36.4 Å². The van der Waals surface area contributed by atoms with Gasteiger partial charge in [0.05, 0.1) is 0 Å². The Kier molecular flexibility index (Phi) is 11.4. The first-order valence-corrected chi connectivity index (χ1v) is 13.8. The Morgan fingerprint density at radius 2 is 1.82 bits per heavy atom. The number of benzene rings is 1. The van der Waals surface area contributed by atoms with Crippen LogP contribution in [0.3, 0.4) is 0 Å². The van der Waals surface area contributed by atoms with Crippen molar-refractivity contribution in [3.05, 3.63) is 45.9 Å². The standard InChI is InChI=1S/C24H32N3O9PS/c1-14(2)19(26(4)13-28)11-21(35-15(3)29)22-25-18(12-38-22)23(30)27(5)20(24(31)32)10-16-6-8-17(9-7-16)36-37(33)34/h6-9,12-14,19-21,37H,10-11H2,1-5H3,(H,31,32)(H,33,34)/t19-,20+,21-/m1/s1. The highest BCUT2D eigenvalue weighted by Crippen LogP contribution is 2.30. The maximum Gasteiger partial charge on any atom is 0.365 e. The van der Waals surface area contributed by atoms with Crippen molar-refractivity contribution in [2.45, 2.75) is 51.8 Å². The summed E-state index contributed by atoms with van der Waals surface area (Å²) in [5, 5.41) is 11.6. The second kappa shape index (κ2) is 14.0. The van der Waals surface area contributed by atoms with Crippen molar-refractivity contribution in [2.75, 3.05) is 14.1 Å². The van der Waals surface area contributed by atoms with E-state index in [2.05, 4.69) is 4.98 Å². The van der Waals surface area contributed by atoms with Crippen molar-refractivity contribution < 1.29 is 43.0 Å². The number of aliphatic carboxylic acids is 1. The van der Waals surface area contributed by atoms with Crippen molar-refractivity contribution in [1.82, 2.24) is 14.8 Å². The minimum Gasteiger partial charge on any atom is -0.480 e. The fraction of sp³-hybridized carbons (Fsp3) is 0.458. The van der Waals surface area contributed by atoms with E-state index in [9.17, 15) is 28.8 Å². The highest BCUT2D eigenvalue weighted by molar-refractivity contribution is 7.32. The van der Waals surface area contributed by atoms with Crippen LogP contribution in [0.2, 0.25) is 0 Å². The zero-order valence-corrected chi connectivity index (χ0v) is 23.5. The van der Waals surface area contributed by atoms with Gasteiger partial charge in [-0.1, -0.05) is 26.0 Å². The zero-order chi connectivity index (χ0) is 28.6. The van der Waals surface area contributed by atoms with Crippen molar-refractivity contribution >= 4 is 43.8 Å². The summed E-state index contributed by atoms with van der Waals surface area (Å²) in [4.78, 5) is 64.1. The van der Waals surface area contributed by atoms with Crippen molar-refractivity contribution in [3.8, 4) is 5.75 Å². The van der Waals surface area contributed by atoms with Gasteiger partial charge in [0.15, 0.2) is 6.10 Å². The fourth-order valence-electron chi connectivity index (χ4n) is 3.87. The minimum absolute atomic E-state index is 0.00226. The smallest absolute Gasteiger partial charge is 0.365 e. The van der Waals surface area contributed by atoms with E-state index in [4.69, 9.17) is 14.2 Å². The molecular weight excluding hydrogens is 537 g/mol. The molecule has 1 unspecified atom stereocenters. The lowest BCUT2D eigenvalue weighted by Crippen LogP contribution is -2.44. The van der Waals surface area contributed by atoms with Gasteiger partial charge in [-0.05, 0) is 23.6 Å². The van der Waals surface area contributed by atoms with E-state index in [1.54, 1.807) is 19.2 Å². The van der Waals surface area contributed by atoms with Crippen molar-refractivity contribution in [2.24, 2.45) is 5.92 Å². The number of carbonyl (C=O) groups is 4. The molecule has 1 aromatic heterocycles. The third-order valence-corrected chi connectivity index (χ3v) is 7.22. The van der Waals surface area contributed by atoms with Crippen LogP contribution < -0.4 is 4.52 Å². The first-order valence-electron chi connectivity index (χ1n) is 11.6. The summed E-state index contributed by atoms with van der Waals surface area (Å²) in [7, 11) is -0.178. The summed E-state index contributed by atoms with van der Waals surface area (Å²) in [5.74, 6) is -2.19. The Bertz CT molecular complexity index is 1160. The Balaban J connectivity index is 2.24. The average Bonchev–Trinajstić information content (AvgIpc) is 3.34. The Hall–Kier alpha value is -3.28. The molecule has 14 heteroatoms. The molecule has 0 radical (unpaired) electrons. The lowest BCUT2D eigenvalue weighted by Gasteiger charge is -2.30. The van der Waals surface area contributed by atoms with Crippen LogP contribution >= 0.6 is 19.6 Å². The van der Waals surface area contributed by atoms with E-state index in [1.807, 2.05) is 13.8 Å². The Morgan fingerprint density at radius 3 is 2.32 bits per heavy atom. The van der Waals surface area contributed by atoms with Crippen LogP contribution in [0.4, 0.5) is 0 Å². The van der Waals surface area contributed by atoms with Gasteiger partial charge in [0.1, 0.15) is 22.5 Å². The van der Waals surface area contributed by atoms with Gasteiger partial charge in [-0.15, -0.1) is 11.3 Å². The third-order valence-electron chi connectivity index (χ3n) is 5.87. The molecule has 0 spiro atoms. The van der Waals surface area contributed by atoms with E-state index in [-0.39, 0.29) is 36.2 Å². The van der Waals surface area contributed by atoms with Crippen molar-refractivity contribution in [3.63, 3.8) is 0 Å². The van der Waals surface area contributed by atoms with Crippen LogP contribution in [-0.4, -0.2) is 75.2 Å². The normalized spacial score (nSPS) is 14.2. The number of carboxylic acid groups (broad SMARTS) is 1. The van der Waals surface area contributed by atoms with Gasteiger partial charge >= 0.3 is 20.2 Å². The number of carboxylic acids is 1. The minimum atomic E-state index is -3.17. The number of aromatic nitrogens is 1. The molecule has 0 aliphatic rings. The summed E-state index contributed by atoms with van der Waals surface area (Å²) >= 11 is 1.10. The molecule has 0 fully saturated rings. The highest BCUT2D eigenvalue weighted by Gasteiger charge is 2.31. The van der Waals surface area contributed by atoms with Crippen LogP contribution in [0.25, 0.3) is 0 Å². The number of thiazole rings is 1. The van der Waals surface area contributed by atoms with Gasteiger partial charge in [0, 0.05) is 45.3 Å². The van der Waals surface area contributed by atoms with E-state index >= 15 is 0 Å². The first kappa shape index (κ1) is 30.9. The van der Waals surface area contributed by atoms with E-state index in [0.717, 1.165) is 16.2 Å². The second-order valence-corrected chi connectivity index (χ2v) is 10.6. The molecule has 0 saturated heterocycles. The monoisotopic (exact) mass is 569 g/mol. The molecule has 0 saturated carbocycles. The number of rotatable bonds is 14. The first-order chi connectivity index (χ1) is 17.8. The van der Waals surface area contributed by atoms with Gasteiger partial charge in [-0.25, -0.2) is 14.3 Å². The summed E-state index contributed by atoms with van der Waals surface area (Å²) in [6.45, 7) is 5.12. The van der Waals surface area contributed by atoms with Crippen LogP contribution in [-0.2, 0) is 30.1 Å². The molecule has 2 N–H and O–H groups in total. The number of nitrogens with zero attached hydrogens (tertiary/aromatic N) is 3. The predicted octanol–water partition coefficient (Wildman–Crippen LogP) is 2.78. The van der Waals surface area contributed by atoms with Crippen LogP contribution in [0.15, 0.2) is 29.6 Å². The zero-order valence-electron chi connectivity index (χ0n) is 21.7. The largest absolute Gasteiger partial charge is 0.480 e. The van der Waals surface area contributed by atoms with Gasteiger partial charge in [-0.2, -0.15) is 0 Å². The van der Waals surface area contributed by atoms with Gasteiger partial charge in [0.2, 0.25) is 6.41 Å². The summed E-state index contributed by atoms with van der Waals surface area (Å²) in [5.41, 5.74) is 0.562. The van der Waals surface area contributed by atoms with Crippen molar-refractivity contribution in [1.29, 1.82) is 0 Å². The average molecular weight is 570 g/mol. The Morgan fingerprint density at radius 1 is 1.18 bits per heavy atom. The Labute approximate surface area is 225 Å². The summed E-state index contributed by atoms with van der Waals surface area (Å²) < 4.78 is 21.0. The van der Waals surface area contributed by atoms with Crippen LogP contribution in [0.5, 0.6) is 5.75 Å². The number of hydrogen-bond donors (Lipinski definition) is 2. The number of carbonyl (C=O) groups excluding carboxylic acids is 3. The fourth-order valence-corrected chi connectivity index (χ4v) is 5.04. The van der Waals surface area contributed by atoms with Crippen LogP contribution in [0.1, 0.15) is 54.4 Å². The highest BCUT2D eigenvalue weighted by atomic mass is 32.1. The molecule has 38 heavy (non-hydrogen) atoms. The maximum absolute atomic E-state index is 13.2.